The predicted octanol–water partition coefficient (Wildman–Crippen LogP) is -1.31. The lowest BCUT2D eigenvalue weighted by Gasteiger charge is -2.27. The fraction of sp³-hybridized carbons (Fsp3) is 0.727. The molecule has 0 aromatic carbocycles. The Morgan fingerprint density at radius 2 is 2.05 bits per heavy atom. The first-order chi connectivity index (χ1) is 8.86. The Balaban J connectivity index is 2.60. The number of rotatable bonds is 4. The van der Waals surface area contributed by atoms with Crippen LogP contribution in [0.2, 0.25) is 0 Å². The van der Waals surface area contributed by atoms with Gasteiger partial charge in [-0.1, -0.05) is 0 Å². The minimum Gasteiger partial charge on any atom is -0.480 e. The lowest BCUT2D eigenvalue weighted by molar-refractivity contribution is -0.141. The molecule has 19 heavy (non-hydrogen) atoms. The number of likely N-dealkylation sites (tertiary alicyclic amines) is 1. The third-order valence-corrected chi connectivity index (χ3v) is 3.09. The van der Waals surface area contributed by atoms with Crippen molar-refractivity contribution in [3.63, 3.8) is 0 Å². The zero-order valence-corrected chi connectivity index (χ0v) is 11.0. The predicted molar refractivity (Wildman–Crippen MR) is 65.5 cm³/mol. The summed E-state index contributed by atoms with van der Waals surface area (Å²) < 4.78 is 0. The second-order valence-corrected chi connectivity index (χ2v) is 4.52. The molecule has 0 aromatic heterocycles. The van der Waals surface area contributed by atoms with Gasteiger partial charge in [-0.15, -0.1) is 0 Å². The fourth-order valence-corrected chi connectivity index (χ4v) is 1.97. The molecule has 2 atom stereocenters. The molecule has 0 unspecified atom stereocenters. The van der Waals surface area contributed by atoms with Gasteiger partial charge in [0.2, 0.25) is 5.91 Å². The van der Waals surface area contributed by atoms with Gasteiger partial charge >= 0.3 is 12.0 Å². The van der Waals surface area contributed by atoms with Crippen LogP contribution in [0, 0.1) is 0 Å². The summed E-state index contributed by atoms with van der Waals surface area (Å²) in [6.45, 7) is 0.192. The average Bonchev–Trinajstić information content (AvgIpc) is 2.76. The highest BCUT2D eigenvalue weighted by molar-refractivity contribution is 5.84. The standard InChI is InChI=1S/C11H19N3O5/c1-12-9(16)3-4-13(2)11(19)14-6-7(15)5-8(14)10(17)18/h7-8,15H,3-6H2,1-2H3,(H,12,16)(H,17,18)/t7-,8-/m1/s1. The summed E-state index contributed by atoms with van der Waals surface area (Å²) in [4.78, 5) is 36.6. The minimum absolute atomic E-state index is 0.000113. The van der Waals surface area contributed by atoms with E-state index in [0.29, 0.717) is 0 Å². The molecule has 0 saturated carbocycles. The molecule has 0 spiro atoms. The SMILES string of the molecule is CNC(=O)CCN(C)C(=O)N1C[C@H](O)C[C@@H]1C(=O)O. The monoisotopic (exact) mass is 273 g/mol. The number of aliphatic hydroxyl groups excluding tert-OH is 1. The molecule has 1 aliphatic heterocycles. The third kappa shape index (κ3) is 3.82. The number of amides is 3. The van der Waals surface area contributed by atoms with Crippen LogP contribution in [0.4, 0.5) is 4.79 Å². The molecule has 0 aromatic rings. The van der Waals surface area contributed by atoms with Crippen LogP contribution in [0.1, 0.15) is 12.8 Å². The van der Waals surface area contributed by atoms with Gasteiger partial charge in [-0.3, -0.25) is 4.79 Å². The van der Waals surface area contributed by atoms with Crippen molar-refractivity contribution in [1.82, 2.24) is 15.1 Å². The quantitative estimate of drug-likeness (QED) is 0.589. The van der Waals surface area contributed by atoms with Gasteiger partial charge < -0.3 is 25.3 Å². The van der Waals surface area contributed by atoms with Gasteiger partial charge in [0.15, 0.2) is 0 Å². The molecule has 108 valence electrons. The molecule has 8 heteroatoms. The number of urea groups is 1. The third-order valence-electron chi connectivity index (χ3n) is 3.09. The lowest BCUT2D eigenvalue weighted by atomic mass is 10.2. The van der Waals surface area contributed by atoms with E-state index in [1.165, 1.54) is 19.0 Å². The smallest absolute Gasteiger partial charge is 0.326 e. The van der Waals surface area contributed by atoms with Crippen LogP contribution < -0.4 is 5.32 Å². The highest BCUT2D eigenvalue weighted by Gasteiger charge is 2.39. The van der Waals surface area contributed by atoms with Crippen LogP contribution in [-0.4, -0.2) is 77.3 Å². The van der Waals surface area contributed by atoms with E-state index in [9.17, 15) is 19.5 Å². The molecule has 1 aliphatic rings. The molecule has 0 bridgehead atoms. The van der Waals surface area contributed by atoms with Crippen LogP contribution in [0.5, 0.6) is 0 Å². The van der Waals surface area contributed by atoms with Crippen LogP contribution in [0.3, 0.4) is 0 Å². The van der Waals surface area contributed by atoms with E-state index in [1.807, 2.05) is 0 Å². The summed E-state index contributed by atoms with van der Waals surface area (Å²) in [6.07, 6.45) is -0.644. The zero-order valence-electron chi connectivity index (χ0n) is 11.0. The van der Waals surface area contributed by atoms with Crippen molar-refractivity contribution in [1.29, 1.82) is 0 Å². The Bertz CT molecular complexity index is 373. The molecule has 1 rings (SSSR count). The first-order valence-electron chi connectivity index (χ1n) is 6.00. The van der Waals surface area contributed by atoms with Crippen molar-refractivity contribution in [2.24, 2.45) is 0 Å². The van der Waals surface area contributed by atoms with Crippen molar-refractivity contribution in [2.75, 3.05) is 27.2 Å². The molecule has 1 fully saturated rings. The van der Waals surface area contributed by atoms with Gasteiger partial charge in [-0.2, -0.15) is 0 Å². The highest BCUT2D eigenvalue weighted by Crippen LogP contribution is 2.19. The van der Waals surface area contributed by atoms with Crippen molar-refractivity contribution in [3.05, 3.63) is 0 Å². The Kier molecular flexibility index (Phi) is 5.11. The lowest BCUT2D eigenvalue weighted by Crippen LogP contribution is -2.47. The number of β-amino-alcohol motifs (C(OH)–C–C–N with tert-alkyl or cyclic N) is 1. The Hall–Kier alpha value is -1.83. The van der Waals surface area contributed by atoms with Gasteiger partial charge in [0.25, 0.3) is 0 Å². The van der Waals surface area contributed by atoms with E-state index in [2.05, 4.69) is 5.32 Å². The first-order valence-corrected chi connectivity index (χ1v) is 6.00. The van der Waals surface area contributed by atoms with Crippen LogP contribution in [0.25, 0.3) is 0 Å². The molecule has 0 radical (unpaired) electrons. The van der Waals surface area contributed by atoms with E-state index in [0.717, 1.165) is 4.90 Å². The Morgan fingerprint density at radius 3 is 2.58 bits per heavy atom. The van der Waals surface area contributed by atoms with E-state index in [4.69, 9.17) is 5.11 Å². The van der Waals surface area contributed by atoms with Crippen LogP contribution in [-0.2, 0) is 9.59 Å². The normalized spacial score (nSPS) is 22.2. The maximum Gasteiger partial charge on any atom is 0.326 e. The van der Waals surface area contributed by atoms with Gasteiger partial charge in [-0.05, 0) is 0 Å². The summed E-state index contributed by atoms with van der Waals surface area (Å²) in [5.74, 6) is -1.33. The number of aliphatic carboxylic acids is 1. The largest absolute Gasteiger partial charge is 0.480 e. The number of hydrogen-bond acceptors (Lipinski definition) is 4. The van der Waals surface area contributed by atoms with E-state index in [-0.39, 0.29) is 31.8 Å². The molecule has 1 saturated heterocycles. The molecular formula is C11H19N3O5. The average molecular weight is 273 g/mol. The fourth-order valence-electron chi connectivity index (χ4n) is 1.97. The zero-order chi connectivity index (χ0) is 14.6. The maximum absolute atomic E-state index is 12.1. The van der Waals surface area contributed by atoms with Crippen LogP contribution >= 0.6 is 0 Å². The van der Waals surface area contributed by atoms with Crippen LogP contribution in [0.15, 0.2) is 0 Å². The number of aliphatic hydroxyl groups is 1. The van der Waals surface area contributed by atoms with Crippen molar-refractivity contribution in [3.8, 4) is 0 Å². The van der Waals surface area contributed by atoms with Crippen molar-refractivity contribution < 1.29 is 24.6 Å². The molecule has 3 N–H and O–H groups in total. The number of nitrogens with zero attached hydrogens (tertiary/aromatic N) is 2. The maximum atomic E-state index is 12.1. The Morgan fingerprint density at radius 1 is 1.42 bits per heavy atom. The van der Waals surface area contributed by atoms with Crippen molar-refractivity contribution in [2.45, 2.75) is 25.0 Å². The molecule has 8 nitrogen and oxygen atoms in total. The summed E-state index contributed by atoms with van der Waals surface area (Å²) in [5, 5.41) is 20.9. The number of carbonyl (C=O) groups is 3. The van der Waals surface area contributed by atoms with Gasteiger partial charge in [0.1, 0.15) is 6.04 Å². The number of nitrogens with one attached hydrogen (secondary N) is 1. The molecule has 0 aliphatic carbocycles. The van der Waals surface area contributed by atoms with Gasteiger partial charge in [0, 0.05) is 40.0 Å². The van der Waals surface area contributed by atoms with Gasteiger partial charge in [-0.25, -0.2) is 9.59 Å². The van der Waals surface area contributed by atoms with E-state index >= 15 is 0 Å². The van der Waals surface area contributed by atoms with E-state index < -0.39 is 24.1 Å². The molecular weight excluding hydrogens is 254 g/mol. The highest BCUT2D eigenvalue weighted by atomic mass is 16.4. The number of hydrogen-bond donors (Lipinski definition) is 3. The summed E-state index contributed by atoms with van der Waals surface area (Å²) in [5.41, 5.74) is 0. The summed E-state index contributed by atoms with van der Waals surface area (Å²) in [6, 6.07) is -1.50. The Labute approximate surface area is 111 Å². The number of carboxylic acid groups (broad SMARTS) is 1. The molecule has 3 amide bonds. The number of carbonyl (C=O) groups excluding carboxylic acids is 2. The summed E-state index contributed by atoms with van der Waals surface area (Å²) in [7, 11) is 3.00. The molecule has 1 heterocycles. The van der Waals surface area contributed by atoms with Crippen molar-refractivity contribution >= 4 is 17.9 Å². The topological polar surface area (TPSA) is 110 Å². The minimum atomic E-state index is -1.13. The second kappa shape index (κ2) is 6.37. The summed E-state index contributed by atoms with van der Waals surface area (Å²) >= 11 is 0. The van der Waals surface area contributed by atoms with E-state index in [1.54, 1.807) is 0 Å². The second-order valence-electron chi connectivity index (χ2n) is 4.52. The first kappa shape index (κ1) is 15.2. The number of carboxylic acids is 1. The van der Waals surface area contributed by atoms with Gasteiger partial charge in [0.05, 0.1) is 6.10 Å².